The average molecular weight is 265 g/mol. The maximum atomic E-state index is 7.47. The molecule has 0 bridgehead atoms. The number of hydrogen-bond acceptors (Lipinski definition) is 2. The summed E-state index contributed by atoms with van der Waals surface area (Å²) in [5, 5.41) is 7.47. The topological polar surface area (TPSA) is 53.1 Å². The number of amidine groups is 1. The molecule has 0 aliphatic carbocycles. The summed E-state index contributed by atoms with van der Waals surface area (Å²) < 4.78 is 0. The monoisotopic (exact) mass is 265 g/mol. The zero-order valence-electron chi connectivity index (χ0n) is 11.5. The van der Waals surface area contributed by atoms with E-state index in [1.165, 1.54) is 29.8 Å². The van der Waals surface area contributed by atoms with Crippen LogP contribution < -0.4 is 10.6 Å². The quantitative estimate of drug-likeness (QED) is 0.645. The lowest BCUT2D eigenvalue weighted by atomic mass is 10.1. The van der Waals surface area contributed by atoms with E-state index in [4.69, 9.17) is 11.1 Å². The van der Waals surface area contributed by atoms with Crippen LogP contribution in [-0.4, -0.2) is 12.4 Å². The lowest BCUT2D eigenvalue weighted by Crippen LogP contribution is -2.18. The fourth-order valence-corrected chi connectivity index (χ4v) is 2.78. The number of fused-ring (bicyclic) bond motifs is 1. The van der Waals surface area contributed by atoms with Crippen molar-refractivity contribution >= 4 is 17.2 Å². The van der Waals surface area contributed by atoms with Gasteiger partial charge in [-0.05, 0) is 55.2 Å². The molecule has 1 aliphatic heterocycles. The zero-order valence-corrected chi connectivity index (χ0v) is 11.5. The Morgan fingerprint density at radius 2 is 1.75 bits per heavy atom. The van der Waals surface area contributed by atoms with Gasteiger partial charge in [0, 0.05) is 23.5 Å². The Balaban J connectivity index is 1.98. The van der Waals surface area contributed by atoms with Crippen LogP contribution in [0.3, 0.4) is 0 Å². The molecule has 3 N–H and O–H groups in total. The fraction of sp³-hybridized carbons (Fsp3) is 0.235. The molecule has 2 aromatic rings. The van der Waals surface area contributed by atoms with Gasteiger partial charge in [0.2, 0.25) is 0 Å². The summed E-state index contributed by atoms with van der Waals surface area (Å²) in [5.74, 6) is 0.118. The highest BCUT2D eigenvalue weighted by Gasteiger charge is 2.16. The Bertz CT molecular complexity index is 616. The largest absolute Gasteiger partial charge is 0.384 e. The molecule has 0 aromatic heterocycles. The van der Waals surface area contributed by atoms with Gasteiger partial charge in [-0.2, -0.15) is 0 Å². The summed E-state index contributed by atoms with van der Waals surface area (Å²) in [6, 6.07) is 16.6. The first kappa shape index (κ1) is 12.7. The highest BCUT2D eigenvalue weighted by atomic mass is 15.1. The molecule has 0 spiro atoms. The first-order chi connectivity index (χ1) is 9.75. The van der Waals surface area contributed by atoms with Crippen molar-refractivity contribution in [3.8, 4) is 0 Å². The number of rotatable bonds is 2. The van der Waals surface area contributed by atoms with E-state index in [0.29, 0.717) is 0 Å². The Morgan fingerprint density at radius 3 is 2.50 bits per heavy atom. The summed E-state index contributed by atoms with van der Waals surface area (Å²) >= 11 is 0. The van der Waals surface area contributed by atoms with Crippen molar-refractivity contribution in [2.24, 2.45) is 5.73 Å². The minimum atomic E-state index is 0.118. The highest BCUT2D eigenvalue weighted by molar-refractivity contribution is 5.95. The number of anilines is 2. The van der Waals surface area contributed by atoms with Crippen molar-refractivity contribution in [3.05, 3.63) is 59.7 Å². The molecule has 0 unspecified atom stereocenters. The van der Waals surface area contributed by atoms with Gasteiger partial charge in [0.1, 0.15) is 5.84 Å². The van der Waals surface area contributed by atoms with E-state index >= 15 is 0 Å². The Labute approximate surface area is 119 Å². The van der Waals surface area contributed by atoms with Gasteiger partial charge < -0.3 is 10.6 Å². The molecule has 0 saturated carbocycles. The molecule has 1 aliphatic rings. The lowest BCUT2D eigenvalue weighted by Gasteiger charge is -2.25. The summed E-state index contributed by atoms with van der Waals surface area (Å²) in [4.78, 5) is 2.37. The van der Waals surface area contributed by atoms with E-state index in [9.17, 15) is 0 Å². The van der Waals surface area contributed by atoms with Crippen LogP contribution in [0.4, 0.5) is 11.4 Å². The molecule has 3 rings (SSSR count). The molecule has 20 heavy (non-hydrogen) atoms. The summed E-state index contributed by atoms with van der Waals surface area (Å²) in [7, 11) is 0. The SMILES string of the molecule is N=C(N)c1ccc(N2CCCCc3ccccc32)cc1. The van der Waals surface area contributed by atoms with Crippen molar-refractivity contribution in [2.75, 3.05) is 11.4 Å². The molecule has 0 amide bonds. The molecule has 2 aromatic carbocycles. The second-order valence-electron chi connectivity index (χ2n) is 5.20. The van der Waals surface area contributed by atoms with Crippen molar-refractivity contribution in [1.29, 1.82) is 5.41 Å². The van der Waals surface area contributed by atoms with Crippen LogP contribution in [0.1, 0.15) is 24.0 Å². The van der Waals surface area contributed by atoms with Gasteiger partial charge in [-0.15, -0.1) is 0 Å². The van der Waals surface area contributed by atoms with Crippen LogP contribution in [0.5, 0.6) is 0 Å². The van der Waals surface area contributed by atoms with E-state index in [1.807, 2.05) is 12.1 Å². The zero-order chi connectivity index (χ0) is 13.9. The van der Waals surface area contributed by atoms with Crippen LogP contribution >= 0.6 is 0 Å². The minimum Gasteiger partial charge on any atom is -0.384 e. The molecule has 0 saturated heterocycles. The molecule has 1 heterocycles. The summed E-state index contributed by atoms with van der Waals surface area (Å²) in [5.41, 5.74) is 10.2. The molecule has 0 fully saturated rings. The van der Waals surface area contributed by atoms with Crippen molar-refractivity contribution in [1.82, 2.24) is 0 Å². The van der Waals surface area contributed by atoms with Gasteiger partial charge in [-0.1, -0.05) is 18.2 Å². The number of nitrogens with one attached hydrogen (secondary N) is 1. The van der Waals surface area contributed by atoms with Gasteiger partial charge in [0.15, 0.2) is 0 Å². The summed E-state index contributed by atoms with van der Waals surface area (Å²) in [6.07, 6.45) is 3.58. The van der Waals surface area contributed by atoms with Crippen molar-refractivity contribution in [3.63, 3.8) is 0 Å². The van der Waals surface area contributed by atoms with E-state index in [-0.39, 0.29) is 5.84 Å². The third kappa shape index (κ3) is 2.39. The smallest absolute Gasteiger partial charge is 0.122 e. The molecule has 3 heteroatoms. The minimum absolute atomic E-state index is 0.118. The molecule has 3 nitrogen and oxygen atoms in total. The van der Waals surface area contributed by atoms with Crippen LogP contribution in [0.15, 0.2) is 48.5 Å². The van der Waals surface area contributed by atoms with Crippen molar-refractivity contribution < 1.29 is 0 Å². The molecule has 0 atom stereocenters. The molecule has 0 radical (unpaired) electrons. The van der Waals surface area contributed by atoms with Crippen LogP contribution in [0, 0.1) is 5.41 Å². The number of para-hydroxylation sites is 1. The molecule has 102 valence electrons. The first-order valence-corrected chi connectivity index (χ1v) is 7.05. The first-order valence-electron chi connectivity index (χ1n) is 7.05. The average Bonchev–Trinajstić information content (AvgIpc) is 2.69. The highest BCUT2D eigenvalue weighted by Crippen LogP contribution is 2.32. The van der Waals surface area contributed by atoms with Gasteiger partial charge in [0.25, 0.3) is 0 Å². The number of aryl methyl sites for hydroxylation is 1. The van der Waals surface area contributed by atoms with Crippen LogP contribution in [-0.2, 0) is 6.42 Å². The van der Waals surface area contributed by atoms with E-state index in [1.54, 1.807) is 0 Å². The number of nitrogen functional groups attached to an aromatic ring is 1. The molecular weight excluding hydrogens is 246 g/mol. The van der Waals surface area contributed by atoms with E-state index < -0.39 is 0 Å². The van der Waals surface area contributed by atoms with Crippen molar-refractivity contribution in [2.45, 2.75) is 19.3 Å². The third-order valence-electron chi connectivity index (χ3n) is 3.85. The standard InChI is InChI=1S/C17H19N3/c18-17(19)14-8-10-15(11-9-14)20-12-4-3-6-13-5-1-2-7-16(13)20/h1-2,5,7-11H,3-4,6,12H2,(H3,18,19). The number of benzene rings is 2. The second kappa shape index (κ2) is 5.37. The predicted molar refractivity (Wildman–Crippen MR) is 83.8 cm³/mol. The third-order valence-corrected chi connectivity index (χ3v) is 3.85. The maximum Gasteiger partial charge on any atom is 0.122 e. The fourth-order valence-electron chi connectivity index (χ4n) is 2.78. The second-order valence-corrected chi connectivity index (χ2v) is 5.20. The van der Waals surface area contributed by atoms with Crippen LogP contribution in [0.2, 0.25) is 0 Å². The normalized spacial score (nSPS) is 14.5. The number of nitrogens with zero attached hydrogens (tertiary/aromatic N) is 1. The Hall–Kier alpha value is -2.29. The maximum absolute atomic E-state index is 7.47. The lowest BCUT2D eigenvalue weighted by molar-refractivity contribution is 0.761. The Kier molecular flexibility index (Phi) is 3.42. The number of hydrogen-bond donors (Lipinski definition) is 2. The van der Waals surface area contributed by atoms with E-state index in [0.717, 1.165) is 18.5 Å². The number of nitrogens with two attached hydrogens (primary N) is 1. The summed E-state index contributed by atoms with van der Waals surface area (Å²) in [6.45, 7) is 1.04. The van der Waals surface area contributed by atoms with E-state index in [2.05, 4.69) is 41.3 Å². The predicted octanol–water partition coefficient (Wildman–Crippen LogP) is 3.45. The Morgan fingerprint density at radius 1 is 1.00 bits per heavy atom. The van der Waals surface area contributed by atoms with Gasteiger partial charge in [0.05, 0.1) is 0 Å². The van der Waals surface area contributed by atoms with Gasteiger partial charge >= 0.3 is 0 Å². The van der Waals surface area contributed by atoms with Gasteiger partial charge in [-0.25, -0.2) is 0 Å². The molecular formula is C17H19N3. The van der Waals surface area contributed by atoms with Crippen LogP contribution in [0.25, 0.3) is 0 Å². The van der Waals surface area contributed by atoms with Gasteiger partial charge in [-0.3, -0.25) is 5.41 Å².